The lowest BCUT2D eigenvalue weighted by Gasteiger charge is -2.29. The Hall–Kier alpha value is -0.860. The summed E-state index contributed by atoms with van der Waals surface area (Å²) in [6.07, 6.45) is 1.72. The quantitative estimate of drug-likeness (QED) is 0.763. The fourth-order valence-electron chi connectivity index (χ4n) is 1.74. The smallest absolute Gasteiger partial charge is 0.0804 e. The molecule has 0 radical (unpaired) electrons. The maximum absolute atomic E-state index is 9.91. The molecule has 1 aromatic carbocycles. The molecule has 2 heteroatoms. The minimum Gasteiger partial charge on any atom is -0.388 e. The van der Waals surface area contributed by atoms with Crippen LogP contribution in [0.5, 0.6) is 0 Å². The van der Waals surface area contributed by atoms with E-state index >= 15 is 0 Å². The lowest BCUT2D eigenvalue weighted by molar-refractivity contribution is 0.136. The van der Waals surface area contributed by atoms with Crippen molar-refractivity contribution >= 4 is 0 Å². The summed E-state index contributed by atoms with van der Waals surface area (Å²) in [5.41, 5.74) is 2.27. The highest BCUT2D eigenvalue weighted by Gasteiger charge is 2.20. The average molecular weight is 191 g/mol. The normalized spacial score (nSPS) is 22.9. The van der Waals surface area contributed by atoms with E-state index < -0.39 is 0 Å². The molecule has 2 rings (SSSR count). The van der Waals surface area contributed by atoms with Gasteiger partial charge in [0.15, 0.2) is 0 Å². The first kappa shape index (κ1) is 9.69. The fourth-order valence-corrected chi connectivity index (χ4v) is 1.74. The molecule has 0 amide bonds. The van der Waals surface area contributed by atoms with Crippen molar-refractivity contribution in [2.24, 2.45) is 0 Å². The molecule has 1 aliphatic heterocycles. The topological polar surface area (TPSA) is 32.3 Å². The molecule has 14 heavy (non-hydrogen) atoms. The minimum atomic E-state index is -0.312. The molecule has 2 atom stereocenters. The van der Waals surface area contributed by atoms with Crippen LogP contribution in [0.15, 0.2) is 24.3 Å². The first-order valence-corrected chi connectivity index (χ1v) is 5.24. The van der Waals surface area contributed by atoms with Crippen LogP contribution in [0.1, 0.15) is 30.1 Å². The van der Waals surface area contributed by atoms with Gasteiger partial charge in [-0.25, -0.2) is 0 Å². The maximum Gasteiger partial charge on any atom is 0.0804 e. The standard InChI is InChI=1S/C12H17NO/c1-9-2-4-10(5-3-9)12(14)8-11-6-7-13-11/h2-5,11-14H,6-8H2,1H3. The lowest BCUT2D eigenvalue weighted by atomic mass is 9.96. The van der Waals surface area contributed by atoms with Gasteiger partial charge in [0.2, 0.25) is 0 Å². The Kier molecular flexibility index (Phi) is 2.85. The van der Waals surface area contributed by atoms with Crippen molar-refractivity contribution in [3.63, 3.8) is 0 Å². The van der Waals surface area contributed by atoms with Gasteiger partial charge in [-0.15, -0.1) is 0 Å². The van der Waals surface area contributed by atoms with Crippen molar-refractivity contribution in [3.8, 4) is 0 Å². The van der Waals surface area contributed by atoms with Crippen LogP contribution in [0.2, 0.25) is 0 Å². The molecule has 2 unspecified atom stereocenters. The van der Waals surface area contributed by atoms with Crippen LogP contribution in [0.3, 0.4) is 0 Å². The van der Waals surface area contributed by atoms with Crippen LogP contribution in [0.4, 0.5) is 0 Å². The van der Waals surface area contributed by atoms with Crippen LogP contribution < -0.4 is 5.32 Å². The van der Waals surface area contributed by atoms with Crippen molar-refractivity contribution in [2.45, 2.75) is 31.9 Å². The Morgan fingerprint density at radius 1 is 1.43 bits per heavy atom. The summed E-state index contributed by atoms with van der Waals surface area (Å²) in [6, 6.07) is 8.64. The molecular formula is C12H17NO. The van der Waals surface area contributed by atoms with E-state index in [2.05, 4.69) is 12.2 Å². The molecule has 0 spiro atoms. The van der Waals surface area contributed by atoms with E-state index in [0.717, 1.165) is 18.5 Å². The van der Waals surface area contributed by atoms with Gasteiger partial charge in [0, 0.05) is 6.04 Å². The molecule has 1 aliphatic rings. The van der Waals surface area contributed by atoms with Crippen LogP contribution >= 0.6 is 0 Å². The highest BCUT2D eigenvalue weighted by atomic mass is 16.3. The fraction of sp³-hybridized carbons (Fsp3) is 0.500. The average Bonchev–Trinajstić information content (AvgIpc) is 2.12. The van der Waals surface area contributed by atoms with E-state index in [4.69, 9.17) is 0 Å². The molecule has 1 fully saturated rings. The van der Waals surface area contributed by atoms with Gasteiger partial charge in [-0.05, 0) is 31.9 Å². The second kappa shape index (κ2) is 4.11. The summed E-state index contributed by atoms with van der Waals surface area (Å²) < 4.78 is 0. The van der Waals surface area contributed by atoms with Crippen LogP contribution in [-0.2, 0) is 0 Å². The monoisotopic (exact) mass is 191 g/mol. The van der Waals surface area contributed by atoms with Gasteiger partial charge in [-0.2, -0.15) is 0 Å². The van der Waals surface area contributed by atoms with E-state index in [1.165, 1.54) is 12.0 Å². The van der Waals surface area contributed by atoms with Gasteiger partial charge in [-0.3, -0.25) is 0 Å². The molecular weight excluding hydrogens is 174 g/mol. The molecule has 0 aliphatic carbocycles. The minimum absolute atomic E-state index is 0.312. The zero-order chi connectivity index (χ0) is 9.97. The Bertz CT molecular complexity index is 290. The highest BCUT2D eigenvalue weighted by molar-refractivity contribution is 5.23. The van der Waals surface area contributed by atoms with Crippen molar-refractivity contribution < 1.29 is 5.11 Å². The van der Waals surface area contributed by atoms with Gasteiger partial charge in [0.05, 0.1) is 6.10 Å². The lowest BCUT2D eigenvalue weighted by Crippen LogP contribution is -2.43. The molecule has 1 saturated heterocycles. The number of benzene rings is 1. The third kappa shape index (κ3) is 2.14. The second-order valence-electron chi connectivity index (χ2n) is 4.10. The number of aliphatic hydroxyl groups is 1. The van der Waals surface area contributed by atoms with Crippen molar-refractivity contribution in [1.82, 2.24) is 5.32 Å². The highest BCUT2D eigenvalue weighted by Crippen LogP contribution is 2.21. The zero-order valence-corrected chi connectivity index (χ0v) is 8.53. The van der Waals surface area contributed by atoms with E-state index in [1.807, 2.05) is 24.3 Å². The predicted octanol–water partition coefficient (Wildman–Crippen LogP) is 1.78. The number of nitrogens with one attached hydrogen (secondary N) is 1. The molecule has 76 valence electrons. The van der Waals surface area contributed by atoms with Gasteiger partial charge in [0.1, 0.15) is 0 Å². The first-order valence-electron chi connectivity index (χ1n) is 5.24. The van der Waals surface area contributed by atoms with Crippen LogP contribution in [0.25, 0.3) is 0 Å². The van der Waals surface area contributed by atoms with E-state index in [0.29, 0.717) is 6.04 Å². The van der Waals surface area contributed by atoms with Crippen molar-refractivity contribution in [3.05, 3.63) is 35.4 Å². The Morgan fingerprint density at radius 3 is 2.57 bits per heavy atom. The third-order valence-corrected chi connectivity index (χ3v) is 2.90. The molecule has 1 aromatic rings. The maximum atomic E-state index is 9.91. The Morgan fingerprint density at radius 2 is 2.07 bits per heavy atom. The predicted molar refractivity (Wildman–Crippen MR) is 57.2 cm³/mol. The molecule has 1 heterocycles. The zero-order valence-electron chi connectivity index (χ0n) is 8.53. The van der Waals surface area contributed by atoms with E-state index in [9.17, 15) is 5.11 Å². The summed E-state index contributed by atoms with van der Waals surface area (Å²) in [5, 5.41) is 13.2. The van der Waals surface area contributed by atoms with Crippen LogP contribution in [-0.4, -0.2) is 17.7 Å². The first-order chi connectivity index (χ1) is 6.75. The van der Waals surface area contributed by atoms with Gasteiger partial charge in [-0.1, -0.05) is 29.8 Å². The van der Waals surface area contributed by atoms with Crippen LogP contribution in [0, 0.1) is 6.92 Å². The van der Waals surface area contributed by atoms with E-state index in [1.54, 1.807) is 0 Å². The summed E-state index contributed by atoms with van der Waals surface area (Å²) in [4.78, 5) is 0. The Balaban J connectivity index is 1.95. The number of hydrogen-bond acceptors (Lipinski definition) is 2. The summed E-state index contributed by atoms with van der Waals surface area (Å²) >= 11 is 0. The van der Waals surface area contributed by atoms with Crippen molar-refractivity contribution in [1.29, 1.82) is 0 Å². The second-order valence-corrected chi connectivity index (χ2v) is 4.10. The molecule has 0 saturated carbocycles. The van der Waals surface area contributed by atoms with E-state index in [-0.39, 0.29) is 6.10 Å². The van der Waals surface area contributed by atoms with Gasteiger partial charge >= 0.3 is 0 Å². The molecule has 2 N–H and O–H groups in total. The summed E-state index contributed by atoms with van der Waals surface area (Å²) in [6.45, 7) is 3.16. The number of aliphatic hydroxyl groups excluding tert-OH is 1. The third-order valence-electron chi connectivity index (χ3n) is 2.90. The largest absolute Gasteiger partial charge is 0.388 e. The Labute approximate surface area is 85.0 Å². The van der Waals surface area contributed by atoms with Crippen molar-refractivity contribution in [2.75, 3.05) is 6.54 Å². The van der Waals surface area contributed by atoms with Gasteiger partial charge < -0.3 is 10.4 Å². The summed E-state index contributed by atoms with van der Waals surface area (Å²) in [5.74, 6) is 0. The number of hydrogen-bond donors (Lipinski definition) is 2. The summed E-state index contributed by atoms with van der Waals surface area (Å²) in [7, 11) is 0. The molecule has 2 nitrogen and oxygen atoms in total. The molecule has 0 bridgehead atoms. The SMILES string of the molecule is Cc1ccc(C(O)CC2CCN2)cc1. The number of rotatable bonds is 3. The van der Waals surface area contributed by atoms with Gasteiger partial charge in [0.25, 0.3) is 0 Å². The molecule has 0 aromatic heterocycles. The number of aryl methyl sites for hydroxylation is 1.